The molecule has 0 saturated carbocycles. The molecule has 0 aliphatic carbocycles. The molecular formula is C17H16N4O. The van der Waals surface area contributed by atoms with E-state index >= 15 is 0 Å². The number of carbonyl (C=O) groups excluding carboxylic acids is 1. The van der Waals surface area contributed by atoms with E-state index in [0.29, 0.717) is 5.82 Å². The van der Waals surface area contributed by atoms with Crippen LogP contribution in [0.3, 0.4) is 0 Å². The van der Waals surface area contributed by atoms with Gasteiger partial charge in [-0.2, -0.15) is 0 Å². The molecule has 0 spiro atoms. The lowest BCUT2D eigenvalue weighted by Crippen LogP contribution is -1.96. The summed E-state index contributed by atoms with van der Waals surface area (Å²) in [6, 6.07) is 8.06. The predicted molar refractivity (Wildman–Crippen MR) is 84.2 cm³/mol. The number of nitrogens with zero attached hydrogens (tertiary/aromatic N) is 2. The molecule has 1 aromatic carbocycles. The second kappa shape index (κ2) is 6.22. The van der Waals surface area contributed by atoms with Gasteiger partial charge in [-0.25, -0.2) is 9.97 Å². The maximum absolute atomic E-state index is 11.5. The third kappa shape index (κ3) is 3.20. The molecule has 0 unspecified atom stereocenters. The summed E-state index contributed by atoms with van der Waals surface area (Å²) in [4.78, 5) is 26.1. The lowest BCUT2D eigenvalue weighted by Gasteiger charge is -2.06. The molecule has 3 aromatic rings. The van der Waals surface area contributed by atoms with Crippen LogP contribution in [0.5, 0.6) is 0 Å². The molecule has 110 valence electrons. The molecule has 3 rings (SSSR count). The Balaban J connectivity index is 1.88. The Labute approximate surface area is 128 Å². The quantitative estimate of drug-likeness (QED) is 0.710. The van der Waals surface area contributed by atoms with Crippen LogP contribution in [-0.4, -0.2) is 25.7 Å². The largest absolute Gasteiger partial charge is 0.348 e. The zero-order valence-corrected chi connectivity index (χ0v) is 12.2. The average molecular weight is 292 g/mol. The first-order valence-corrected chi connectivity index (χ1v) is 7.02. The predicted octanol–water partition coefficient (Wildman–Crippen LogP) is 2.74. The van der Waals surface area contributed by atoms with Gasteiger partial charge in [-0.1, -0.05) is 24.3 Å². The number of hydrogen-bond acceptors (Lipinski definition) is 3. The fourth-order valence-electron chi connectivity index (χ4n) is 2.29. The van der Waals surface area contributed by atoms with Gasteiger partial charge >= 0.3 is 0 Å². The van der Waals surface area contributed by atoms with Crippen molar-refractivity contribution in [1.29, 1.82) is 0 Å². The summed E-state index contributed by atoms with van der Waals surface area (Å²) in [5.74, 6) is 1.61. The van der Waals surface area contributed by atoms with E-state index in [1.807, 2.05) is 30.5 Å². The Morgan fingerprint density at radius 1 is 1.09 bits per heavy atom. The summed E-state index contributed by atoms with van der Waals surface area (Å²) in [7, 11) is 0. The summed E-state index contributed by atoms with van der Waals surface area (Å²) < 4.78 is 0. The summed E-state index contributed by atoms with van der Waals surface area (Å²) in [6.07, 6.45) is 9.33. The van der Waals surface area contributed by atoms with Gasteiger partial charge in [-0.05, 0) is 24.1 Å². The molecule has 22 heavy (non-hydrogen) atoms. The zero-order valence-electron chi connectivity index (χ0n) is 12.2. The van der Waals surface area contributed by atoms with E-state index in [1.54, 1.807) is 24.7 Å². The third-order valence-corrected chi connectivity index (χ3v) is 3.29. The zero-order chi connectivity index (χ0) is 15.4. The van der Waals surface area contributed by atoms with E-state index in [-0.39, 0.29) is 5.78 Å². The van der Waals surface area contributed by atoms with Crippen molar-refractivity contribution in [2.24, 2.45) is 0 Å². The highest BCUT2D eigenvalue weighted by atomic mass is 16.1. The summed E-state index contributed by atoms with van der Waals surface area (Å²) in [5.41, 5.74) is 2.90. The van der Waals surface area contributed by atoms with Crippen LogP contribution < -0.4 is 0 Å². The van der Waals surface area contributed by atoms with Gasteiger partial charge < -0.3 is 9.97 Å². The van der Waals surface area contributed by atoms with Crippen LogP contribution >= 0.6 is 0 Å². The Bertz CT molecular complexity index is 769. The number of benzene rings is 1. The monoisotopic (exact) mass is 292 g/mol. The van der Waals surface area contributed by atoms with Gasteiger partial charge in [0.1, 0.15) is 11.6 Å². The molecule has 0 bridgehead atoms. The molecule has 5 nitrogen and oxygen atoms in total. The van der Waals surface area contributed by atoms with Crippen LogP contribution in [0, 0.1) is 0 Å². The minimum atomic E-state index is -0.00828. The molecule has 0 fully saturated rings. The summed E-state index contributed by atoms with van der Waals surface area (Å²) >= 11 is 0. The van der Waals surface area contributed by atoms with Crippen molar-refractivity contribution in [3.63, 3.8) is 0 Å². The second-order valence-corrected chi connectivity index (χ2v) is 5.02. The van der Waals surface area contributed by atoms with Crippen molar-refractivity contribution in [3.05, 3.63) is 77.9 Å². The number of hydrogen-bond donors (Lipinski definition) is 2. The van der Waals surface area contributed by atoms with E-state index in [1.165, 1.54) is 6.92 Å². The van der Waals surface area contributed by atoms with Gasteiger partial charge in [0, 0.05) is 36.8 Å². The second-order valence-electron chi connectivity index (χ2n) is 5.02. The number of imidazole rings is 2. The Morgan fingerprint density at radius 2 is 1.82 bits per heavy atom. The Hall–Kier alpha value is -2.95. The normalized spacial score (nSPS) is 11.6. The van der Waals surface area contributed by atoms with Gasteiger partial charge in [0.2, 0.25) is 0 Å². The fourth-order valence-corrected chi connectivity index (χ4v) is 2.29. The molecule has 0 atom stereocenters. The summed E-state index contributed by atoms with van der Waals surface area (Å²) in [6.45, 7) is 1.54. The van der Waals surface area contributed by atoms with Gasteiger partial charge in [0.15, 0.2) is 5.78 Å². The van der Waals surface area contributed by atoms with Crippen molar-refractivity contribution in [3.8, 4) is 0 Å². The van der Waals surface area contributed by atoms with Crippen LogP contribution in [0.15, 0.2) is 55.1 Å². The summed E-state index contributed by atoms with van der Waals surface area (Å²) in [5, 5.41) is 0. The van der Waals surface area contributed by atoms with Crippen molar-refractivity contribution in [2.45, 2.75) is 13.3 Å². The maximum atomic E-state index is 11.5. The molecule has 2 aromatic heterocycles. The number of H-pyrrole nitrogens is 2. The van der Waals surface area contributed by atoms with Gasteiger partial charge in [0.05, 0.1) is 0 Å². The van der Waals surface area contributed by atoms with E-state index in [2.05, 4.69) is 19.9 Å². The molecule has 2 heterocycles. The van der Waals surface area contributed by atoms with Crippen LogP contribution in [0.25, 0.3) is 5.57 Å². The van der Waals surface area contributed by atoms with E-state index in [4.69, 9.17) is 0 Å². The highest BCUT2D eigenvalue weighted by Gasteiger charge is 2.09. The molecule has 0 aliphatic rings. The molecular weight excluding hydrogens is 276 g/mol. The Kier molecular flexibility index (Phi) is 3.96. The highest BCUT2D eigenvalue weighted by molar-refractivity contribution is 5.98. The number of allylic oxidation sites excluding steroid dienone is 1. The third-order valence-electron chi connectivity index (χ3n) is 3.29. The molecule has 0 saturated heterocycles. The fraction of sp³-hybridized carbons (Fsp3) is 0.118. The van der Waals surface area contributed by atoms with Gasteiger partial charge in [-0.15, -0.1) is 0 Å². The van der Waals surface area contributed by atoms with Gasteiger partial charge in [0.25, 0.3) is 0 Å². The van der Waals surface area contributed by atoms with E-state index in [9.17, 15) is 4.79 Å². The number of carbonyl (C=O) groups is 1. The van der Waals surface area contributed by atoms with E-state index < -0.39 is 0 Å². The molecule has 0 aliphatic heterocycles. The standard InChI is InChI=1S/C17H16N4O/c1-12(22)10-15(17-20-8-9-21-17)14-4-2-13(3-5-14)11-16-18-6-7-19-16/h2-10H,11H2,1H3,(H,18,19)(H,20,21). The lowest BCUT2D eigenvalue weighted by molar-refractivity contribution is -0.112. The lowest BCUT2D eigenvalue weighted by atomic mass is 10.0. The van der Waals surface area contributed by atoms with Crippen LogP contribution in [0.2, 0.25) is 0 Å². The van der Waals surface area contributed by atoms with Crippen LogP contribution in [-0.2, 0) is 11.2 Å². The topological polar surface area (TPSA) is 74.4 Å². The number of aromatic amines is 2. The molecule has 5 heteroatoms. The smallest absolute Gasteiger partial charge is 0.153 e. The number of nitrogens with one attached hydrogen (secondary N) is 2. The minimum absolute atomic E-state index is 0.00828. The molecule has 0 amide bonds. The first-order valence-electron chi connectivity index (χ1n) is 7.02. The SMILES string of the molecule is CC(=O)C=C(c1ccc(Cc2ncc[nH]2)cc1)c1ncc[nH]1. The number of aromatic nitrogens is 4. The van der Waals surface area contributed by atoms with Crippen molar-refractivity contribution < 1.29 is 4.79 Å². The first kappa shape index (κ1) is 14.0. The minimum Gasteiger partial charge on any atom is -0.348 e. The van der Waals surface area contributed by atoms with Crippen LogP contribution in [0.4, 0.5) is 0 Å². The number of ketones is 1. The van der Waals surface area contributed by atoms with Crippen LogP contribution in [0.1, 0.15) is 29.7 Å². The first-order chi connectivity index (χ1) is 10.7. The molecule has 2 N–H and O–H groups in total. The average Bonchev–Trinajstić information content (AvgIpc) is 3.19. The van der Waals surface area contributed by atoms with Gasteiger partial charge in [-0.3, -0.25) is 4.79 Å². The van der Waals surface area contributed by atoms with Crippen molar-refractivity contribution in [2.75, 3.05) is 0 Å². The van der Waals surface area contributed by atoms with Crippen molar-refractivity contribution in [1.82, 2.24) is 19.9 Å². The number of rotatable bonds is 5. The van der Waals surface area contributed by atoms with E-state index in [0.717, 1.165) is 28.9 Å². The Morgan fingerprint density at radius 3 is 2.41 bits per heavy atom. The molecule has 0 radical (unpaired) electrons. The van der Waals surface area contributed by atoms with Crippen molar-refractivity contribution >= 4 is 11.4 Å². The highest BCUT2D eigenvalue weighted by Crippen LogP contribution is 2.21. The maximum Gasteiger partial charge on any atom is 0.153 e.